The Morgan fingerprint density at radius 1 is 1.19 bits per heavy atom. The van der Waals surface area contributed by atoms with Crippen molar-refractivity contribution in [3.05, 3.63) is 12.2 Å². The predicted molar refractivity (Wildman–Crippen MR) is 61.1 cm³/mol. The molecule has 2 rings (SSSR count). The quantitative estimate of drug-likeness (QED) is 0.533. The van der Waals surface area contributed by atoms with Crippen molar-refractivity contribution in [2.24, 2.45) is 11.8 Å². The van der Waals surface area contributed by atoms with Crippen LogP contribution in [0.2, 0.25) is 0 Å². The highest BCUT2D eigenvalue weighted by Gasteiger charge is 2.41. The topological polar surface area (TPSA) is 44.8 Å². The summed E-state index contributed by atoms with van der Waals surface area (Å²) in [6.07, 6.45) is 6.42. The lowest BCUT2D eigenvalue weighted by molar-refractivity contribution is 0.0727. The van der Waals surface area contributed by atoms with Crippen LogP contribution in [-0.4, -0.2) is 19.3 Å². The summed E-state index contributed by atoms with van der Waals surface area (Å²) in [6.45, 7) is 4.26. The van der Waals surface area contributed by atoms with Crippen LogP contribution in [0.25, 0.3) is 0 Å². The smallest absolute Gasteiger partial charge is 0.287 e. The normalized spacial score (nSPS) is 32.5. The molecule has 4 nitrogen and oxygen atoms in total. The number of hydrogen-bond acceptors (Lipinski definition) is 4. The minimum Gasteiger partial charge on any atom is -0.287 e. The van der Waals surface area contributed by atoms with E-state index in [1.54, 1.807) is 13.8 Å². The van der Waals surface area contributed by atoms with Crippen molar-refractivity contribution in [1.82, 2.24) is 0 Å². The fraction of sp³-hybridized carbons (Fsp3) is 0.818. The Bertz CT molecular complexity index is 305. The summed E-state index contributed by atoms with van der Waals surface area (Å²) in [5.41, 5.74) is 0. The van der Waals surface area contributed by atoms with Crippen LogP contribution in [0.1, 0.15) is 26.7 Å². The highest BCUT2D eigenvalue weighted by Crippen LogP contribution is 2.55. The lowest BCUT2D eigenvalue weighted by atomic mass is 10.1. The van der Waals surface area contributed by atoms with Gasteiger partial charge in [-0.05, 0) is 32.6 Å². The number of fused-ring (bicyclic) bond motifs is 2. The van der Waals surface area contributed by atoms with Crippen molar-refractivity contribution in [1.29, 1.82) is 0 Å². The third-order valence-corrected chi connectivity index (χ3v) is 4.73. The van der Waals surface area contributed by atoms with Crippen LogP contribution in [0.3, 0.4) is 0 Å². The number of hydrogen-bond donors (Lipinski definition) is 0. The second-order valence-corrected chi connectivity index (χ2v) is 5.83. The fourth-order valence-electron chi connectivity index (χ4n) is 2.43. The van der Waals surface area contributed by atoms with Gasteiger partial charge in [-0.2, -0.15) is 0 Å². The van der Waals surface area contributed by atoms with E-state index in [-0.39, 0.29) is 6.10 Å². The fourth-order valence-corrected chi connectivity index (χ4v) is 3.83. The molecule has 3 atom stereocenters. The summed E-state index contributed by atoms with van der Waals surface area (Å²) < 4.78 is 28.0. The molecule has 0 N–H and O–H groups in total. The molecule has 5 heteroatoms. The molecular formula is C11H19O4P. The Morgan fingerprint density at radius 3 is 2.31 bits per heavy atom. The van der Waals surface area contributed by atoms with Crippen molar-refractivity contribution < 1.29 is 18.1 Å². The molecular weight excluding hydrogens is 227 g/mol. The molecule has 0 heterocycles. The van der Waals surface area contributed by atoms with Gasteiger partial charge < -0.3 is 0 Å². The van der Waals surface area contributed by atoms with E-state index in [9.17, 15) is 4.57 Å². The van der Waals surface area contributed by atoms with E-state index < -0.39 is 7.82 Å². The Morgan fingerprint density at radius 2 is 1.88 bits per heavy atom. The first-order valence-electron chi connectivity index (χ1n) is 5.92. The third-order valence-electron chi connectivity index (χ3n) is 3.06. The zero-order valence-electron chi connectivity index (χ0n) is 9.80. The minimum absolute atomic E-state index is 0.000988. The molecule has 92 valence electrons. The molecule has 0 saturated heterocycles. The molecule has 0 spiro atoms. The predicted octanol–water partition coefficient (Wildman–Crippen LogP) is 3.15. The summed E-state index contributed by atoms with van der Waals surface area (Å²) in [7, 11) is -3.33. The van der Waals surface area contributed by atoms with Gasteiger partial charge in [0.25, 0.3) is 0 Å². The van der Waals surface area contributed by atoms with E-state index >= 15 is 0 Å². The number of phosphoric acid groups is 1. The maximum absolute atomic E-state index is 12.2. The molecule has 16 heavy (non-hydrogen) atoms. The average molecular weight is 246 g/mol. The molecule has 2 aliphatic carbocycles. The van der Waals surface area contributed by atoms with Gasteiger partial charge in [0.05, 0.1) is 19.3 Å². The van der Waals surface area contributed by atoms with E-state index in [0.717, 1.165) is 12.8 Å². The third kappa shape index (κ3) is 2.57. The summed E-state index contributed by atoms with van der Waals surface area (Å²) in [6, 6.07) is 0. The van der Waals surface area contributed by atoms with Crippen LogP contribution in [0, 0.1) is 11.8 Å². The molecule has 1 saturated carbocycles. The van der Waals surface area contributed by atoms with Crippen LogP contribution in [0.5, 0.6) is 0 Å². The van der Waals surface area contributed by atoms with Gasteiger partial charge in [0.2, 0.25) is 0 Å². The highest BCUT2D eigenvalue weighted by atomic mass is 31.2. The lowest BCUT2D eigenvalue weighted by Gasteiger charge is -2.24. The first kappa shape index (κ1) is 12.3. The number of rotatable bonds is 6. The van der Waals surface area contributed by atoms with Gasteiger partial charge in [0.15, 0.2) is 0 Å². The zero-order valence-corrected chi connectivity index (χ0v) is 10.7. The maximum atomic E-state index is 12.2. The molecule has 0 aliphatic heterocycles. The Hall–Kier alpha value is -0.150. The summed E-state index contributed by atoms with van der Waals surface area (Å²) >= 11 is 0. The average Bonchev–Trinajstić information content (AvgIpc) is 2.79. The molecule has 2 aliphatic rings. The van der Waals surface area contributed by atoms with Gasteiger partial charge in [-0.1, -0.05) is 12.2 Å². The van der Waals surface area contributed by atoms with E-state index in [0.29, 0.717) is 25.0 Å². The maximum Gasteiger partial charge on any atom is 0.475 e. The van der Waals surface area contributed by atoms with Crippen LogP contribution in [-0.2, 0) is 18.1 Å². The van der Waals surface area contributed by atoms with Gasteiger partial charge in [-0.15, -0.1) is 0 Å². The molecule has 0 radical (unpaired) electrons. The summed E-state index contributed by atoms with van der Waals surface area (Å²) in [5.74, 6) is 0.978. The van der Waals surface area contributed by atoms with Crippen LogP contribution >= 0.6 is 7.82 Å². The molecule has 0 aromatic heterocycles. The zero-order chi connectivity index (χ0) is 11.6. The summed E-state index contributed by atoms with van der Waals surface area (Å²) in [4.78, 5) is 0. The standard InChI is InChI=1S/C11H19O4P/c1-3-13-16(12,14-4-2)15-11-8-9-5-6-10(11)7-9/h5-6,9-11H,3-4,7-8H2,1-2H3. The Balaban J connectivity index is 1.96. The molecule has 0 amide bonds. The molecule has 0 aromatic rings. The second-order valence-electron chi connectivity index (χ2n) is 4.21. The Kier molecular flexibility index (Phi) is 3.85. The monoisotopic (exact) mass is 246 g/mol. The van der Waals surface area contributed by atoms with E-state index in [4.69, 9.17) is 13.6 Å². The minimum atomic E-state index is -3.33. The largest absolute Gasteiger partial charge is 0.475 e. The lowest BCUT2D eigenvalue weighted by Crippen LogP contribution is -2.18. The van der Waals surface area contributed by atoms with Crippen LogP contribution < -0.4 is 0 Å². The number of allylic oxidation sites excluding steroid dienone is 1. The van der Waals surface area contributed by atoms with Crippen molar-refractivity contribution in [3.8, 4) is 0 Å². The van der Waals surface area contributed by atoms with E-state index in [1.165, 1.54) is 0 Å². The number of phosphoric ester groups is 1. The molecule has 1 fully saturated rings. The molecule has 3 unspecified atom stereocenters. The van der Waals surface area contributed by atoms with Gasteiger partial charge in [0, 0.05) is 5.92 Å². The SMILES string of the molecule is CCOP(=O)(OCC)OC1CC2C=CC1C2. The van der Waals surface area contributed by atoms with Crippen molar-refractivity contribution in [2.45, 2.75) is 32.8 Å². The second kappa shape index (κ2) is 5.01. The van der Waals surface area contributed by atoms with Crippen LogP contribution in [0.4, 0.5) is 0 Å². The van der Waals surface area contributed by atoms with Crippen molar-refractivity contribution >= 4 is 7.82 Å². The van der Waals surface area contributed by atoms with Crippen molar-refractivity contribution in [3.63, 3.8) is 0 Å². The van der Waals surface area contributed by atoms with Gasteiger partial charge >= 0.3 is 7.82 Å². The van der Waals surface area contributed by atoms with Gasteiger partial charge in [0.1, 0.15) is 0 Å². The first-order valence-corrected chi connectivity index (χ1v) is 7.38. The Labute approximate surface area is 96.6 Å². The van der Waals surface area contributed by atoms with E-state index in [1.807, 2.05) is 0 Å². The van der Waals surface area contributed by atoms with E-state index in [2.05, 4.69) is 12.2 Å². The highest BCUT2D eigenvalue weighted by molar-refractivity contribution is 7.48. The first-order chi connectivity index (χ1) is 7.67. The molecule has 2 bridgehead atoms. The van der Waals surface area contributed by atoms with Crippen LogP contribution in [0.15, 0.2) is 12.2 Å². The van der Waals surface area contributed by atoms with Crippen molar-refractivity contribution in [2.75, 3.05) is 13.2 Å². The molecule has 0 aromatic carbocycles. The van der Waals surface area contributed by atoms with Gasteiger partial charge in [-0.25, -0.2) is 4.57 Å². The summed E-state index contributed by atoms with van der Waals surface area (Å²) in [5, 5.41) is 0. The van der Waals surface area contributed by atoms with Gasteiger partial charge in [-0.3, -0.25) is 13.6 Å².